The van der Waals surface area contributed by atoms with E-state index in [0.717, 1.165) is 51.7 Å². The molecule has 0 radical (unpaired) electrons. The van der Waals surface area contributed by atoms with Crippen LogP contribution in [-0.4, -0.2) is 9.97 Å². The fourth-order valence-electron chi connectivity index (χ4n) is 3.12. The van der Waals surface area contributed by atoms with Gasteiger partial charge in [0.15, 0.2) is 0 Å². The highest BCUT2D eigenvalue weighted by molar-refractivity contribution is 6.35. The molecule has 4 heteroatoms. The number of aryl methyl sites for hydroxylation is 2. The molecule has 0 saturated carbocycles. The zero-order valence-electron chi connectivity index (χ0n) is 14.2. The van der Waals surface area contributed by atoms with Crippen molar-refractivity contribution in [3.05, 3.63) is 99.3 Å². The quantitative estimate of drug-likeness (QED) is 0.435. The smallest absolute Gasteiger partial charge is 0.107 e. The molecule has 0 aliphatic heterocycles. The van der Waals surface area contributed by atoms with Gasteiger partial charge in [-0.25, -0.2) is 4.98 Å². The Morgan fingerprint density at radius 3 is 2.31 bits per heavy atom. The largest absolute Gasteiger partial charge is 0.342 e. The van der Waals surface area contributed by atoms with Crippen LogP contribution in [0.4, 0.5) is 0 Å². The van der Waals surface area contributed by atoms with Crippen molar-refractivity contribution in [3.63, 3.8) is 0 Å². The topological polar surface area (TPSA) is 28.7 Å². The Balaban J connectivity index is 1.55. The predicted molar refractivity (Wildman–Crippen MR) is 109 cm³/mol. The van der Waals surface area contributed by atoms with E-state index in [1.54, 1.807) is 0 Å². The van der Waals surface area contributed by atoms with E-state index in [0.29, 0.717) is 0 Å². The summed E-state index contributed by atoms with van der Waals surface area (Å²) in [5.41, 5.74) is 5.42. The van der Waals surface area contributed by atoms with Crippen molar-refractivity contribution in [3.8, 4) is 0 Å². The van der Waals surface area contributed by atoms with Gasteiger partial charge in [0.05, 0.1) is 10.5 Å². The highest BCUT2D eigenvalue weighted by Crippen LogP contribution is 2.28. The molecule has 1 heterocycles. The molecule has 0 aliphatic carbocycles. The van der Waals surface area contributed by atoms with Gasteiger partial charge in [0, 0.05) is 11.4 Å². The molecule has 0 saturated heterocycles. The van der Waals surface area contributed by atoms with Gasteiger partial charge in [-0.3, -0.25) is 0 Å². The number of halogens is 2. The number of rotatable bonds is 5. The van der Waals surface area contributed by atoms with Gasteiger partial charge in [0.25, 0.3) is 0 Å². The summed E-state index contributed by atoms with van der Waals surface area (Å²) in [6.07, 6.45) is 2.55. The maximum atomic E-state index is 6.64. The molecule has 1 N–H and O–H groups in total. The third kappa shape index (κ3) is 3.77. The molecule has 0 unspecified atom stereocenters. The summed E-state index contributed by atoms with van der Waals surface area (Å²) >= 11 is 12.6. The zero-order chi connectivity index (χ0) is 17.9. The minimum atomic E-state index is 0.736. The maximum absolute atomic E-state index is 6.64. The van der Waals surface area contributed by atoms with Gasteiger partial charge in [-0.1, -0.05) is 71.7 Å². The Morgan fingerprint density at radius 1 is 0.769 bits per heavy atom. The molecule has 0 fully saturated rings. The van der Waals surface area contributed by atoms with Crippen LogP contribution in [0.15, 0.2) is 66.7 Å². The minimum Gasteiger partial charge on any atom is -0.342 e. The Labute approximate surface area is 162 Å². The summed E-state index contributed by atoms with van der Waals surface area (Å²) in [6.45, 7) is 0. The van der Waals surface area contributed by atoms with E-state index in [4.69, 9.17) is 28.2 Å². The first kappa shape index (κ1) is 17.1. The van der Waals surface area contributed by atoms with Crippen molar-refractivity contribution in [2.24, 2.45) is 0 Å². The summed E-state index contributed by atoms with van der Waals surface area (Å²) < 4.78 is 0. The van der Waals surface area contributed by atoms with E-state index in [1.165, 1.54) is 11.1 Å². The van der Waals surface area contributed by atoms with Gasteiger partial charge in [0.2, 0.25) is 0 Å². The lowest BCUT2D eigenvalue weighted by molar-refractivity contribution is 0.890. The summed E-state index contributed by atoms with van der Waals surface area (Å²) in [5, 5.41) is 1.50. The van der Waals surface area contributed by atoms with Crippen LogP contribution in [0, 0.1) is 0 Å². The Bertz CT molecular complexity index is 1020. The molecule has 0 aliphatic rings. The van der Waals surface area contributed by atoms with Crippen molar-refractivity contribution < 1.29 is 0 Å². The molecule has 26 heavy (non-hydrogen) atoms. The van der Waals surface area contributed by atoms with Crippen molar-refractivity contribution in [2.45, 2.75) is 19.3 Å². The van der Waals surface area contributed by atoms with Gasteiger partial charge in [-0.15, -0.1) is 0 Å². The Kier molecular flexibility index (Phi) is 4.96. The predicted octanol–water partition coefficient (Wildman–Crippen LogP) is 6.25. The van der Waals surface area contributed by atoms with Crippen LogP contribution >= 0.6 is 23.2 Å². The molecule has 3 aromatic carbocycles. The summed E-state index contributed by atoms with van der Waals surface area (Å²) in [4.78, 5) is 8.12. The third-order valence-corrected chi connectivity index (χ3v) is 5.20. The first-order valence-corrected chi connectivity index (χ1v) is 9.39. The van der Waals surface area contributed by atoms with Gasteiger partial charge in [-0.05, 0) is 47.7 Å². The highest BCUT2D eigenvalue weighted by Gasteiger charge is 2.11. The summed E-state index contributed by atoms with van der Waals surface area (Å²) in [6, 6.07) is 22.4. The molecule has 0 amide bonds. The number of nitrogens with one attached hydrogen (secondary N) is 1. The molecule has 4 rings (SSSR count). The van der Waals surface area contributed by atoms with E-state index >= 15 is 0 Å². The SMILES string of the molecule is Clc1ccc(CCc2nc3c(Cl)c(Cc4ccccc4)ccc3[nH]2)cc1. The van der Waals surface area contributed by atoms with Crippen molar-refractivity contribution >= 4 is 34.2 Å². The van der Waals surface area contributed by atoms with Crippen LogP contribution < -0.4 is 0 Å². The fraction of sp³-hybridized carbons (Fsp3) is 0.136. The molecular weight excluding hydrogens is 363 g/mol. The van der Waals surface area contributed by atoms with Crippen LogP contribution in [0.5, 0.6) is 0 Å². The molecule has 2 nitrogen and oxygen atoms in total. The Hall–Kier alpha value is -2.29. The zero-order valence-corrected chi connectivity index (χ0v) is 15.7. The van der Waals surface area contributed by atoms with Gasteiger partial charge < -0.3 is 4.98 Å². The van der Waals surface area contributed by atoms with Gasteiger partial charge in [-0.2, -0.15) is 0 Å². The van der Waals surface area contributed by atoms with E-state index in [2.05, 4.69) is 41.4 Å². The summed E-state index contributed by atoms with van der Waals surface area (Å²) in [7, 11) is 0. The van der Waals surface area contributed by atoms with E-state index in [1.807, 2.05) is 30.3 Å². The number of aromatic nitrogens is 2. The van der Waals surface area contributed by atoms with Crippen LogP contribution in [-0.2, 0) is 19.3 Å². The minimum absolute atomic E-state index is 0.736. The monoisotopic (exact) mass is 380 g/mol. The van der Waals surface area contributed by atoms with E-state index in [9.17, 15) is 0 Å². The normalized spacial score (nSPS) is 11.2. The third-order valence-electron chi connectivity index (χ3n) is 4.52. The molecule has 0 bridgehead atoms. The first-order chi connectivity index (χ1) is 12.7. The lowest BCUT2D eigenvalue weighted by Crippen LogP contribution is -1.93. The van der Waals surface area contributed by atoms with Crippen molar-refractivity contribution in [2.75, 3.05) is 0 Å². The second kappa shape index (κ2) is 7.53. The molecule has 0 spiro atoms. The standard InChI is InChI=1S/C22H18Cl2N2/c23-18-10-6-15(7-11-18)8-13-20-25-19-12-9-17(21(24)22(19)26-20)14-16-4-2-1-3-5-16/h1-7,9-12H,8,13-14H2,(H,25,26). The average Bonchev–Trinajstić information content (AvgIpc) is 3.09. The first-order valence-electron chi connectivity index (χ1n) is 8.63. The number of imidazole rings is 1. The molecule has 0 atom stereocenters. The number of fused-ring (bicyclic) bond motifs is 1. The van der Waals surface area contributed by atoms with Gasteiger partial charge >= 0.3 is 0 Å². The maximum Gasteiger partial charge on any atom is 0.107 e. The van der Waals surface area contributed by atoms with Crippen LogP contribution in [0.1, 0.15) is 22.5 Å². The number of H-pyrrole nitrogens is 1. The summed E-state index contributed by atoms with van der Waals surface area (Å²) in [5.74, 6) is 0.953. The Morgan fingerprint density at radius 2 is 1.54 bits per heavy atom. The number of benzene rings is 3. The molecule has 130 valence electrons. The van der Waals surface area contributed by atoms with Crippen LogP contribution in [0.25, 0.3) is 11.0 Å². The van der Waals surface area contributed by atoms with Crippen LogP contribution in [0.3, 0.4) is 0 Å². The van der Waals surface area contributed by atoms with E-state index in [-0.39, 0.29) is 0 Å². The lowest BCUT2D eigenvalue weighted by Gasteiger charge is -2.04. The van der Waals surface area contributed by atoms with Crippen molar-refractivity contribution in [1.82, 2.24) is 9.97 Å². The van der Waals surface area contributed by atoms with Crippen LogP contribution in [0.2, 0.25) is 10.0 Å². The highest BCUT2D eigenvalue weighted by atomic mass is 35.5. The number of nitrogens with zero attached hydrogens (tertiary/aromatic N) is 1. The molecule has 4 aromatic rings. The fourth-order valence-corrected chi connectivity index (χ4v) is 3.52. The molecule has 1 aromatic heterocycles. The number of aromatic amines is 1. The number of hydrogen-bond acceptors (Lipinski definition) is 1. The second-order valence-corrected chi connectivity index (χ2v) is 7.22. The van der Waals surface area contributed by atoms with E-state index < -0.39 is 0 Å². The van der Waals surface area contributed by atoms with Gasteiger partial charge in [0.1, 0.15) is 11.3 Å². The number of hydrogen-bond donors (Lipinski definition) is 1. The average molecular weight is 381 g/mol. The van der Waals surface area contributed by atoms with Crippen molar-refractivity contribution in [1.29, 1.82) is 0 Å². The molecular formula is C22H18Cl2N2. The second-order valence-electron chi connectivity index (χ2n) is 6.41. The lowest BCUT2D eigenvalue weighted by atomic mass is 10.0.